The molecule has 2 aromatic rings. The molecule has 2 atom stereocenters. The van der Waals surface area contributed by atoms with E-state index in [1.54, 1.807) is 6.07 Å². The zero-order valence-corrected chi connectivity index (χ0v) is 10.4. The fourth-order valence-electron chi connectivity index (χ4n) is 2.80. The van der Waals surface area contributed by atoms with Crippen LogP contribution < -0.4 is 5.73 Å². The lowest BCUT2D eigenvalue weighted by molar-refractivity contribution is 0.622. The summed E-state index contributed by atoms with van der Waals surface area (Å²) in [5, 5.41) is 9.09. The molecule has 1 aliphatic rings. The zero-order chi connectivity index (χ0) is 12.7. The second-order valence-electron chi connectivity index (χ2n) is 4.98. The van der Waals surface area contributed by atoms with Crippen LogP contribution in [0.3, 0.4) is 0 Å². The van der Waals surface area contributed by atoms with Crippen LogP contribution in [0.4, 0.5) is 5.95 Å². The highest BCUT2D eigenvalue weighted by Crippen LogP contribution is 2.48. The molecule has 0 radical (unpaired) electrons. The van der Waals surface area contributed by atoms with Gasteiger partial charge >= 0.3 is 0 Å². The maximum atomic E-state index is 9.09. The first-order valence-electron chi connectivity index (χ1n) is 6.42. The van der Waals surface area contributed by atoms with Gasteiger partial charge in [0, 0.05) is 6.04 Å². The van der Waals surface area contributed by atoms with Crippen molar-refractivity contribution in [3.05, 3.63) is 23.8 Å². The third-order valence-corrected chi connectivity index (χ3v) is 3.74. The largest absolute Gasteiger partial charge is 0.369 e. The van der Waals surface area contributed by atoms with Gasteiger partial charge in [0.2, 0.25) is 5.95 Å². The highest BCUT2D eigenvalue weighted by molar-refractivity contribution is 5.84. The minimum Gasteiger partial charge on any atom is -0.369 e. The Hall–Kier alpha value is -2.02. The predicted molar refractivity (Wildman–Crippen MR) is 70.9 cm³/mol. The van der Waals surface area contributed by atoms with Crippen LogP contribution in [0.2, 0.25) is 0 Å². The van der Waals surface area contributed by atoms with E-state index in [4.69, 9.17) is 11.0 Å². The molecule has 0 saturated heterocycles. The standard InChI is InChI=1S/C14H16N4/c1-2-4-9-7-12(9)18-11-6-3-5-10(8-15)13(11)17-14(18)16/h3,5-6,9,12H,2,4,7H2,1H3,(H2,16,17). The summed E-state index contributed by atoms with van der Waals surface area (Å²) in [7, 11) is 0. The molecule has 0 aliphatic heterocycles. The minimum atomic E-state index is 0.476. The molecule has 18 heavy (non-hydrogen) atoms. The number of nitrogen functional groups attached to an aromatic ring is 1. The van der Waals surface area contributed by atoms with Crippen molar-refractivity contribution in [2.75, 3.05) is 5.73 Å². The number of hydrogen-bond acceptors (Lipinski definition) is 3. The van der Waals surface area contributed by atoms with Crippen LogP contribution in [0.1, 0.15) is 37.8 Å². The highest BCUT2D eigenvalue weighted by Gasteiger charge is 2.39. The zero-order valence-electron chi connectivity index (χ0n) is 10.4. The molecular formula is C14H16N4. The normalized spacial score (nSPS) is 22.0. The third-order valence-electron chi connectivity index (χ3n) is 3.74. The molecule has 2 N–H and O–H groups in total. The number of aromatic nitrogens is 2. The predicted octanol–water partition coefficient (Wildman–Crippen LogP) is 2.85. The van der Waals surface area contributed by atoms with Crippen LogP contribution in [0, 0.1) is 17.2 Å². The number of anilines is 1. The Labute approximate surface area is 106 Å². The van der Waals surface area contributed by atoms with Gasteiger partial charge in [-0.3, -0.25) is 0 Å². The lowest BCUT2D eigenvalue weighted by Crippen LogP contribution is -2.02. The quantitative estimate of drug-likeness (QED) is 0.897. The summed E-state index contributed by atoms with van der Waals surface area (Å²) in [5.74, 6) is 1.26. The average molecular weight is 240 g/mol. The van der Waals surface area contributed by atoms with Gasteiger partial charge in [0.1, 0.15) is 11.6 Å². The second-order valence-corrected chi connectivity index (χ2v) is 4.98. The summed E-state index contributed by atoms with van der Waals surface area (Å²) in [6, 6.07) is 8.34. The molecule has 0 bridgehead atoms. The summed E-state index contributed by atoms with van der Waals surface area (Å²) >= 11 is 0. The Bertz CT molecular complexity index is 635. The topological polar surface area (TPSA) is 67.6 Å². The minimum absolute atomic E-state index is 0.476. The summed E-state index contributed by atoms with van der Waals surface area (Å²) in [4.78, 5) is 4.36. The summed E-state index contributed by atoms with van der Waals surface area (Å²) in [6.07, 6.45) is 3.62. The van der Waals surface area contributed by atoms with Crippen LogP contribution in [0.15, 0.2) is 18.2 Å². The number of hydrogen-bond donors (Lipinski definition) is 1. The van der Waals surface area contributed by atoms with E-state index >= 15 is 0 Å². The molecular weight excluding hydrogens is 224 g/mol. The van der Waals surface area contributed by atoms with E-state index in [1.807, 2.05) is 12.1 Å². The van der Waals surface area contributed by atoms with Gasteiger partial charge in [0.25, 0.3) is 0 Å². The van der Waals surface area contributed by atoms with Crippen LogP contribution >= 0.6 is 0 Å². The molecule has 1 fully saturated rings. The number of nitriles is 1. The van der Waals surface area contributed by atoms with Gasteiger partial charge in [-0.05, 0) is 30.9 Å². The van der Waals surface area contributed by atoms with Crippen molar-refractivity contribution in [2.24, 2.45) is 5.92 Å². The molecule has 1 saturated carbocycles. The number of nitrogens with zero attached hydrogens (tertiary/aromatic N) is 3. The maximum Gasteiger partial charge on any atom is 0.201 e. The molecule has 4 nitrogen and oxygen atoms in total. The van der Waals surface area contributed by atoms with E-state index in [0.717, 1.165) is 17.0 Å². The molecule has 0 spiro atoms. The van der Waals surface area contributed by atoms with E-state index in [2.05, 4.69) is 22.5 Å². The van der Waals surface area contributed by atoms with Gasteiger partial charge in [0.15, 0.2) is 0 Å². The van der Waals surface area contributed by atoms with Gasteiger partial charge in [-0.15, -0.1) is 0 Å². The van der Waals surface area contributed by atoms with Crippen LogP contribution in [0.25, 0.3) is 11.0 Å². The Balaban J connectivity index is 2.08. The van der Waals surface area contributed by atoms with Crippen molar-refractivity contribution in [1.82, 2.24) is 9.55 Å². The Morgan fingerprint density at radius 1 is 1.56 bits per heavy atom. The smallest absolute Gasteiger partial charge is 0.201 e. The van der Waals surface area contributed by atoms with E-state index < -0.39 is 0 Å². The summed E-state index contributed by atoms with van der Waals surface area (Å²) in [6.45, 7) is 2.21. The van der Waals surface area contributed by atoms with E-state index in [9.17, 15) is 0 Å². The van der Waals surface area contributed by atoms with Crippen molar-refractivity contribution >= 4 is 17.0 Å². The first-order valence-corrected chi connectivity index (χ1v) is 6.42. The van der Waals surface area contributed by atoms with Gasteiger partial charge in [-0.2, -0.15) is 5.26 Å². The molecule has 4 heteroatoms. The number of para-hydroxylation sites is 1. The molecule has 1 aliphatic carbocycles. The van der Waals surface area contributed by atoms with Crippen molar-refractivity contribution in [3.63, 3.8) is 0 Å². The summed E-state index contributed by atoms with van der Waals surface area (Å²) in [5.41, 5.74) is 8.35. The first kappa shape index (κ1) is 11.1. The number of imidazole rings is 1. The lowest BCUT2D eigenvalue weighted by Gasteiger charge is -2.05. The fraction of sp³-hybridized carbons (Fsp3) is 0.429. The van der Waals surface area contributed by atoms with Crippen molar-refractivity contribution in [1.29, 1.82) is 5.26 Å². The molecule has 1 aromatic carbocycles. The highest BCUT2D eigenvalue weighted by atomic mass is 15.2. The summed E-state index contributed by atoms with van der Waals surface area (Å²) < 4.78 is 2.11. The molecule has 1 heterocycles. The Morgan fingerprint density at radius 3 is 3.11 bits per heavy atom. The number of benzene rings is 1. The van der Waals surface area contributed by atoms with Crippen molar-refractivity contribution in [2.45, 2.75) is 32.2 Å². The van der Waals surface area contributed by atoms with Gasteiger partial charge < -0.3 is 10.3 Å². The van der Waals surface area contributed by atoms with Gasteiger partial charge in [0.05, 0.1) is 11.1 Å². The Kier molecular flexibility index (Phi) is 2.48. The monoisotopic (exact) mass is 240 g/mol. The van der Waals surface area contributed by atoms with Crippen LogP contribution in [0.5, 0.6) is 0 Å². The molecule has 2 unspecified atom stereocenters. The van der Waals surface area contributed by atoms with Crippen molar-refractivity contribution < 1.29 is 0 Å². The van der Waals surface area contributed by atoms with E-state index in [1.165, 1.54) is 19.3 Å². The maximum absolute atomic E-state index is 9.09. The fourth-order valence-corrected chi connectivity index (χ4v) is 2.80. The van der Waals surface area contributed by atoms with Crippen molar-refractivity contribution in [3.8, 4) is 6.07 Å². The van der Waals surface area contributed by atoms with Gasteiger partial charge in [-0.1, -0.05) is 19.4 Å². The van der Waals surface area contributed by atoms with E-state index in [0.29, 0.717) is 17.6 Å². The number of rotatable bonds is 3. The number of nitrogens with two attached hydrogens (primary N) is 1. The van der Waals surface area contributed by atoms with Crippen LogP contribution in [-0.4, -0.2) is 9.55 Å². The molecule has 1 aromatic heterocycles. The third kappa shape index (κ3) is 1.55. The molecule has 0 amide bonds. The van der Waals surface area contributed by atoms with Crippen LogP contribution in [-0.2, 0) is 0 Å². The first-order chi connectivity index (χ1) is 8.76. The molecule has 3 rings (SSSR count). The lowest BCUT2D eigenvalue weighted by atomic mass is 10.2. The second kappa shape index (κ2) is 4.02. The van der Waals surface area contributed by atoms with Gasteiger partial charge in [-0.25, -0.2) is 4.98 Å². The molecule has 92 valence electrons. The Morgan fingerprint density at radius 2 is 2.39 bits per heavy atom. The average Bonchev–Trinajstić information content (AvgIpc) is 3.02. The SMILES string of the molecule is CCCC1CC1n1c(N)nc2c(C#N)cccc21. The van der Waals surface area contributed by atoms with E-state index in [-0.39, 0.29) is 0 Å². The number of fused-ring (bicyclic) bond motifs is 1.